The van der Waals surface area contributed by atoms with Gasteiger partial charge in [0.15, 0.2) is 9.47 Å². The molecule has 3 heterocycles. The lowest BCUT2D eigenvalue weighted by atomic mass is 10.3. The van der Waals surface area contributed by atoms with Crippen molar-refractivity contribution < 1.29 is 9.21 Å². The highest BCUT2D eigenvalue weighted by atomic mass is 32.2. The highest BCUT2D eigenvalue weighted by Crippen LogP contribution is 2.31. The van der Waals surface area contributed by atoms with Crippen LogP contribution in [-0.4, -0.2) is 26.3 Å². The zero-order valence-corrected chi connectivity index (χ0v) is 16.7. The second-order valence-corrected chi connectivity index (χ2v) is 9.14. The van der Waals surface area contributed by atoms with Crippen LogP contribution in [0, 0.1) is 0 Å². The van der Waals surface area contributed by atoms with E-state index in [1.54, 1.807) is 6.26 Å². The summed E-state index contributed by atoms with van der Waals surface area (Å²) in [5.74, 6) is 0.710. The van der Waals surface area contributed by atoms with Crippen LogP contribution in [0.5, 0.6) is 0 Å². The Kier molecular flexibility index (Phi) is 5.37. The van der Waals surface area contributed by atoms with Gasteiger partial charge in [0.1, 0.15) is 5.76 Å². The van der Waals surface area contributed by atoms with Crippen LogP contribution in [-0.2, 0) is 11.3 Å². The van der Waals surface area contributed by atoms with Crippen LogP contribution in [0.1, 0.15) is 12.7 Å². The number of nitrogens with one attached hydrogen (secondary N) is 2. The first-order valence-corrected chi connectivity index (χ1v) is 10.6. The molecule has 1 amide bonds. The quantitative estimate of drug-likeness (QED) is 0.428. The molecule has 0 aliphatic heterocycles. The van der Waals surface area contributed by atoms with Crippen LogP contribution in [0.4, 0.5) is 10.3 Å². The minimum absolute atomic E-state index is 0.112. The smallest absolute Gasteiger partial charge is 0.239 e. The van der Waals surface area contributed by atoms with Crippen LogP contribution in [0.15, 0.2) is 51.4 Å². The largest absolute Gasteiger partial charge is 0.467 e. The van der Waals surface area contributed by atoms with Crippen molar-refractivity contribution >= 4 is 60.8 Å². The summed E-state index contributed by atoms with van der Waals surface area (Å²) in [6, 6.07) is 11.5. The predicted molar refractivity (Wildman–Crippen MR) is 110 cm³/mol. The van der Waals surface area contributed by atoms with Gasteiger partial charge in [-0.25, -0.2) is 4.98 Å². The summed E-state index contributed by atoms with van der Waals surface area (Å²) in [5.41, 5.74) is 0.884. The van der Waals surface area contributed by atoms with Crippen LogP contribution in [0.2, 0.25) is 0 Å². The molecule has 0 aliphatic rings. The van der Waals surface area contributed by atoms with Crippen molar-refractivity contribution in [2.75, 3.05) is 10.6 Å². The molecule has 0 saturated carbocycles. The van der Waals surface area contributed by atoms with Gasteiger partial charge in [0.2, 0.25) is 11.0 Å². The summed E-state index contributed by atoms with van der Waals surface area (Å²) in [5, 5.41) is 15.2. The first-order chi connectivity index (χ1) is 13.2. The number of para-hydroxylation sites is 1. The molecule has 0 fully saturated rings. The summed E-state index contributed by atoms with van der Waals surface area (Å²) in [4.78, 5) is 16.9. The third kappa shape index (κ3) is 4.46. The molecule has 2 N–H and O–H groups in total. The second kappa shape index (κ2) is 8.07. The Hall–Kier alpha value is -2.43. The molecule has 1 aromatic carbocycles. The van der Waals surface area contributed by atoms with Gasteiger partial charge in [-0.15, -0.1) is 10.2 Å². The maximum absolute atomic E-state index is 12.4. The minimum atomic E-state index is -0.317. The fourth-order valence-electron chi connectivity index (χ4n) is 2.24. The molecule has 0 spiro atoms. The first-order valence-electron chi connectivity index (χ1n) is 8.10. The predicted octanol–water partition coefficient (Wildman–Crippen LogP) is 4.47. The van der Waals surface area contributed by atoms with Gasteiger partial charge in [-0.1, -0.05) is 46.6 Å². The van der Waals surface area contributed by atoms with Crippen molar-refractivity contribution in [3.8, 4) is 0 Å². The molecule has 10 heteroatoms. The van der Waals surface area contributed by atoms with E-state index < -0.39 is 0 Å². The van der Waals surface area contributed by atoms with E-state index >= 15 is 0 Å². The molecule has 0 saturated heterocycles. The third-order valence-corrected chi connectivity index (χ3v) is 6.59. The number of fused-ring (bicyclic) bond motifs is 1. The van der Waals surface area contributed by atoms with E-state index in [0.717, 1.165) is 20.3 Å². The first kappa shape index (κ1) is 18.0. The van der Waals surface area contributed by atoms with Crippen LogP contribution in [0.25, 0.3) is 10.2 Å². The number of carbonyl (C=O) groups is 1. The molecule has 4 rings (SSSR count). The number of aromatic nitrogens is 3. The van der Waals surface area contributed by atoms with Gasteiger partial charge in [-0.2, -0.15) is 0 Å². The SMILES string of the molecule is CC(Sc1nnc(NCc2ccco2)s1)C(=O)Nc1nc2ccccc2s1. The Morgan fingerprint density at radius 1 is 1.19 bits per heavy atom. The Balaban J connectivity index is 1.32. The monoisotopic (exact) mass is 417 g/mol. The molecule has 1 atom stereocenters. The summed E-state index contributed by atoms with van der Waals surface area (Å²) in [6.45, 7) is 2.38. The Bertz CT molecular complexity index is 1010. The molecule has 4 aromatic rings. The number of amides is 1. The van der Waals surface area contributed by atoms with Gasteiger partial charge in [0.25, 0.3) is 0 Å². The third-order valence-electron chi connectivity index (χ3n) is 3.57. The number of nitrogens with zero attached hydrogens (tertiary/aromatic N) is 3. The molecule has 1 unspecified atom stereocenters. The van der Waals surface area contributed by atoms with Gasteiger partial charge in [-0.05, 0) is 31.2 Å². The fourth-order valence-corrected chi connectivity index (χ4v) is 5.00. The molecule has 138 valence electrons. The number of thiazole rings is 1. The van der Waals surface area contributed by atoms with Crippen molar-refractivity contribution in [1.82, 2.24) is 15.2 Å². The van der Waals surface area contributed by atoms with Gasteiger partial charge < -0.3 is 15.1 Å². The number of benzene rings is 1. The zero-order valence-electron chi connectivity index (χ0n) is 14.2. The van der Waals surface area contributed by atoms with Crippen molar-refractivity contribution in [2.24, 2.45) is 0 Å². The van der Waals surface area contributed by atoms with Crippen LogP contribution >= 0.6 is 34.4 Å². The van der Waals surface area contributed by atoms with Gasteiger partial charge in [0, 0.05) is 0 Å². The topological polar surface area (TPSA) is 92.9 Å². The number of furan rings is 1. The van der Waals surface area contributed by atoms with Gasteiger partial charge in [0.05, 0.1) is 28.3 Å². The van der Waals surface area contributed by atoms with Crippen LogP contribution < -0.4 is 10.6 Å². The Morgan fingerprint density at radius 3 is 2.89 bits per heavy atom. The number of hydrogen-bond donors (Lipinski definition) is 2. The van der Waals surface area contributed by atoms with E-state index in [1.807, 2.05) is 43.3 Å². The van der Waals surface area contributed by atoms with Gasteiger partial charge in [-0.3, -0.25) is 4.79 Å². The average molecular weight is 418 g/mol. The highest BCUT2D eigenvalue weighted by molar-refractivity contribution is 8.02. The van der Waals surface area contributed by atoms with Crippen molar-refractivity contribution in [2.45, 2.75) is 23.1 Å². The van der Waals surface area contributed by atoms with E-state index in [1.165, 1.54) is 34.4 Å². The van der Waals surface area contributed by atoms with Gasteiger partial charge >= 0.3 is 0 Å². The number of anilines is 2. The van der Waals surface area contributed by atoms with E-state index in [4.69, 9.17) is 4.42 Å². The maximum Gasteiger partial charge on any atom is 0.239 e. The molecule has 0 radical (unpaired) electrons. The summed E-state index contributed by atoms with van der Waals surface area (Å²) in [6.07, 6.45) is 1.63. The zero-order chi connectivity index (χ0) is 18.6. The minimum Gasteiger partial charge on any atom is -0.467 e. The Labute approximate surface area is 167 Å². The molecular weight excluding hydrogens is 402 g/mol. The van der Waals surface area contributed by atoms with Crippen molar-refractivity contribution in [3.63, 3.8) is 0 Å². The van der Waals surface area contributed by atoms with Crippen molar-refractivity contribution in [3.05, 3.63) is 48.4 Å². The van der Waals surface area contributed by atoms with Crippen molar-refractivity contribution in [1.29, 1.82) is 0 Å². The lowest BCUT2D eigenvalue weighted by Crippen LogP contribution is -2.22. The van der Waals surface area contributed by atoms with E-state index in [-0.39, 0.29) is 11.2 Å². The molecule has 7 nitrogen and oxygen atoms in total. The summed E-state index contributed by atoms with van der Waals surface area (Å²) < 4.78 is 7.04. The van der Waals surface area contributed by atoms with E-state index in [9.17, 15) is 4.79 Å². The lowest BCUT2D eigenvalue weighted by molar-refractivity contribution is -0.115. The standard InChI is InChI=1S/C17H15N5O2S3/c1-10(14(23)20-16-19-12-6-2-3-7-13(12)26-16)25-17-22-21-15(27-17)18-9-11-5-4-8-24-11/h2-8,10H,9H2,1H3,(H,18,21)(H,19,20,23). The lowest BCUT2D eigenvalue weighted by Gasteiger charge is -2.07. The highest BCUT2D eigenvalue weighted by Gasteiger charge is 2.18. The number of thioether (sulfide) groups is 1. The fraction of sp³-hybridized carbons (Fsp3) is 0.176. The number of hydrogen-bond acceptors (Lipinski definition) is 9. The Morgan fingerprint density at radius 2 is 2.07 bits per heavy atom. The summed E-state index contributed by atoms with van der Waals surface area (Å²) in [7, 11) is 0. The number of rotatable bonds is 7. The average Bonchev–Trinajstić information content (AvgIpc) is 3.40. The number of carbonyl (C=O) groups excluding carboxylic acids is 1. The maximum atomic E-state index is 12.4. The summed E-state index contributed by atoms with van der Waals surface area (Å²) >= 11 is 4.24. The molecular formula is C17H15N5O2S3. The normalized spacial score (nSPS) is 12.2. The molecule has 27 heavy (non-hydrogen) atoms. The van der Waals surface area contributed by atoms with Crippen LogP contribution in [0.3, 0.4) is 0 Å². The van der Waals surface area contributed by atoms with E-state index in [0.29, 0.717) is 16.8 Å². The molecule has 3 aromatic heterocycles. The molecule has 0 bridgehead atoms. The second-order valence-electron chi connectivity index (χ2n) is 5.54. The van der Waals surface area contributed by atoms with E-state index in [2.05, 4.69) is 25.8 Å². The molecule has 0 aliphatic carbocycles.